The molecule has 4 aliphatic heterocycles. The van der Waals surface area contributed by atoms with Crippen LogP contribution in [0.4, 0.5) is 0 Å². The molecule has 6 atom stereocenters. The molecule has 0 amide bonds. The van der Waals surface area contributed by atoms with Gasteiger partial charge in [-0.05, 0) is 0 Å². The fraction of sp³-hybridized carbons (Fsp3) is 0.786. The first kappa shape index (κ1) is 19.3. The van der Waals surface area contributed by atoms with Gasteiger partial charge in [-0.3, -0.25) is 0 Å². The van der Waals surface area contributed by atoms with Gasteiger partial charge in [-0.15, -0.1) is 0 Å². The third-order valence-electron chi connectivity index (χ3n) is 5.40. The number of ether oxygens (including phenoxy) is 1. The molecule has 152 valence electrons. The van der Waals surface area contributed by atoms with E-state index in [1.165, 1.54) is 7.57 Å². The molecule has 6 N–H and O–H groups in total. The Morgan fingerprint density at radius 2 is 2.22 bits per heavy atom. The van der Waals surface area contributed by atoms with E-state index in [1.807, 2.05) is 4.90 Å². The Morgan fingerprint density at radius 1 is 1.48 bits per heavy atom. The van der Waals surface area contributed by atoms with Crippen LogP contribution >= 0.6 is 7.82 Å². The van der Waals surface area contributed by atoms with Crippen molar-refractivity contribution in [3.05, 3.63) is 11.5 Å². The van der Waals surface area contributed by atoms with Crippen LogP contribution < -0.4 is 16.4 Å². The van der Waals surface area contributed by atoms with Crippen molar-refractivity contribution in [1.82, 2.24) is 20.4 Å². The summed E-state index contributed by atoms with van der Waals surface area (Å²) in [6.07, 6.45) is -1.92. The van der Waals surface area contributed by atoms with Crippen molar-refractivity contribution >= 4 is 21.7 Å². The van der Waals surface area contributed by atoms with Gasteiger partial charge >= 0.3 is 159 Å². The number of nitrogens with one attached hydrogen (secondary N) is 2. The Balaban J connectivity index is 1.65. The second kappa shape index (κ2) is 7.13. The van der Waals surface area contributed by atoms with Gasteiger partial charge in [0.1, 0.15) is 0 Å². The average Bonchev–Trinajstić information content (AvgIpc) is 3.15. The molecular formula is C14H28BN6O5P. The van der Waals surface area contributed by atoms with Gasteiger partial charge in [-0.25, -0.2) is 0 Å². The second-order valence-corrected chi connectivity index (χ2v) is 9.45. The van der Waals surface area contributed by atoms with E-state index in [2.05, 4.69) is 34.4 Å². The van der Waals surface area contributed by atoms with Crippen LogP contribution in [0.5, 0.6) is 0 Å². The van der Waals surface area contributed by atoms with Gasteiger partial charge in [0.2, 0.25) is 0 Å². The van der Waals surface area contributed by atoms with Gasteiger partial charge in [0.25, 0.3) is 0 Å². The number of aliphatic imine (C=N–C) groups is 1. The van der Waals surface area contributed by atoms with Crippen LogP contribution in [-0.4, -0.2) is 90.4 Å². The summed E-state index contributed by atoms with van der Waals surface area (Å²) in [5.74, 6) is 0.630. The molecule has 11 nitrogen and oxygen atoms in total. The molecule has 0 aromatic carbocycles. The van der Waals surface area contributed by atoms with Crippen molar-refractivity contribution in [2.24, 2.45) is 10.7 Å². The van der Waals surface area contributed by atoms with Gasteiger partial charge in [-0.2, -0.15) is 0 Å². The van der Waals surface area contributed by atoms with E-state index < -0.39 is 38.5 Å². The van der Waals surface area contributed by atoms with E-state index in [-0.39, 0.29) is 12.9 Å². The Hall–Kier alpha value is -0.975. The maximum atomic E-state index is 11.0. The number of aliphatic hydroxyl groups is 1. The van der Waals surface area contributed by atoms with E-state index in [0.29, 0.717) is 5.82 Å². The summed E-state index contributed by atoms with van der Waals surface area (Å²) in [4.78, 5) is 18.7. The predicted molar refractivity (Wildman–Crippen MR) is 103 cm³/mol. The molecule has 0 aliphatic carbocycles. The molecule has 2 saturated heterocycles. The summed E-state index contributed by atoms with van der Waals surface area (Å²) in [6.45, 7) is 5.88. The topological polar surface area (TPSA) is 137 Å². The van der Waals surface area contributed by atoms with Gasteiger partial charge in [-0.1, -0.05) is 0 Å². The molecule has 0 saturated carbocycles. The van der Waals surface area contributed by atoms with E-state index in [9.17, 15) is 10.00 Å². The molecule has 0 radical (unpaired) electrons. The summed E-state index contributed by atoms with van der Waals surface area (Å²) in [7, 11) is -1.70. The van der Waals surface area contributed by atoms with Crippen LogP contribution in [-0.2, 0) is 13.8 Å². The van der Waals surface area contributed by atoms with Crippen molar-refractivity contribution in [3.63, 3.8) is 0 Å². The van der Waals surface area contributed by atoms with Crippen molar-refractivity contribution < 1.29 is 23.8 Å². The zero-order chi connectivity index (χ0) is 19.3. The molecule has 27 heavy (non-hydrogen) atoms. The Labute approximate surface area is 159 Å². The SMILES string of the molecule is B[PH]1(O)OCC2OC(N3C4=C(NC3N(CC)CC)C(N)NC=N4)C(O)[C@@H]2O1. The summed E-state index contributed by atoms with van der Waals surface area (Å²) < 4.78 is 17.2. The normalized spacial score (nSPS) is 41.2. The molecule has 5 unspecified atom stereocenters. The van der Waals surface area contributed by atoms with Crippen LogP contribution in [0.15, 0.2) is 16.5 Å². The number of rotatable bonds is 4. The summed E-state index contributed by atoms with van der Waals surface area (Å²) in [5.41, 5.74) is 6.92. The number of fused-ring (bicyclic) bond motifs is 1. The van der Waals surface area contributed by atoms with Crippen molar-refractivity contribution in [2.45, 2.75) is 50.8 Å². The number of nitrogens with zero attached hydrogens (tertiary/aromatic N) is 3. The van der Waals surface area contributed by atoms with Crippen molar-refractivity contribution in [2.75, 3.05) is 19.7 Å². The first-order valence-corrected chi connectivity index (χ1v) is 11.6. The molecule has 0 spiro atoms. The summed E-state index contributed by atoms with van der Waals surface area (Å²) in [6, 6.07) is 0. The first-order valence-electron chi connectivity index (χ1n) is 9.31. The van der Waals surface area contributed by atoms with Gasteiger partial charge in [0.05, 0.1) is 0 Å². The van der Waals surface area contributed by atoms with E-state index in [1.54, 1.807) is 6.34 Å². The predicted octanol–water partition coefficient (Wildman–Crippen LogP) is -2.86. The Bertz CT molecular complexity index is 649. The zero-order valence-corrected chi connectivity index (χ0v) is 16.7. The molecule has 13 heteroatoms. The molecule has 4 aliphatic rings. The third kappa shape index (κ3) is 3.24. The fourth-order valence-electron chi connectivity index (χ4n) is 4.00. The van der Waals surface area contributed by atoms with Crippen LogP contribution in [0.25, 0.3) is 0 Å². The zero-order valence-electron chi connectivity index (χ0n) is 15.7. The summed E-state index contributed by atoms with van der Waals surface area (Å²) in [5, 5.41) is 17.4. The molecular weight excluding hydrogens is 374 g/mol. The van der Waals surface area contributed by atoms with E-state index >= 15 is 0 Å². The summed E-state index contributed by atoms with van der Waals surface area (Å²) >= 11 is 0. The van der Waals surface area contributed by atoms with E-state index in [0.717, 1.165) is 18.8 Å². The second-order valence-electron chi connectivity index (χ2n) is 7.13. The van der Waals surface area contributed by atoms with Crippen LogP contribution in [0, 0.1) is 0 Å². The van der Waals surface area contributed by atoms with Gasteiger partial charge < -0.3 is 0 Å². The minimum atomic E-state index is -3.24. The van der Waals surface area contributed by atoms with Gasteiger partial charge in [0.15, 0.2) is 0 Å². The van der Waals surface area contributed by atoms with Crippen LogP contribution in [0.2, 0.25) is 0 Å². The maximum absolute atomic E-state index is 11.0. The average molecular weight is 402 g/mol. The molecule has 2 fully saturated rings. The first-order chi connectivity index (χ1) is 12.9. The number of nitrogens with two attached hydrogens (primary N) is 1. The number of hydrogen-bond donors (Lipinski definition) is 5. The van der Waals surface area contributed by atoms with Gasteiger partial charge in [0, 0.05) is 0 Å². The number of hydrogen-bond acceptors (Lipinski definition) is 11. The molecule has 0 aromatic rings. The fourth-order valence-corrected chi connectivity index (χ4v) is 5.34. The Morgan fingerprint density at radius 3 is 2.93 bits per heavy atom. The third-order valence-corrected chi connectivity index (χ3v) is 6.81. The molecule has 4 rings (SSSR count). The quantitative estimate of drug-likeness (QED) is 0.247. The molecule has 0 bridgehead atoms. The standard InChI is InChI=1S/C14H28BN6O5P/c1-3-20(4-2)14-19-8-11(16)17-6-18-12(8)21(14)13-9(22)10-7(25-13)5-24-27(15,23)26-10/h6-7,9-11,13-14,19,22-23,27H,3-5,15-16H2,1-2H3,(H,17,18)/t7?,9?,10-,11?,13?,14?/m1/s1. The molecule has 4 heterocycles. The Kier molecular flexibility index (Phi) is 5.11. The van der Waals surface area contributed by atoms with Crippen LogP contribution in [0.3, 0.4) is 0 Å². The van der Waals surface area contributed by atoms with Crippen molar-refractivity contribution in [1.29, 1.82) is 0 Å². The number of aliphatic hydroxyl groups excluding tert-OH is 1. The van der Waals surface area contributed by atoms with E-state index in [4.69, 9.17) is 19.5 Å². The minimum absolute atomic E-state index is 0.185. The van der Waals surface area contributed by atoms with Crippen LogP contribution in [0.1, 0.15) is 13.8 Å². The molecule has 0 aromatic heterocycles. The van der Waals surface area contributed by atoms with Crippen molar-refractivity contribution in [3.8, 4) is 0 Å². The monoisotopic (exact) mass is 402 g/mol.